The van der Waals surface area contributed by atoms with Crippen molar-refractivity contribution in [3.05, 3.63) is 138 Å². The highest BCUT2D eigenvalue weighted by Gasteiger charge is 2.33. The SMILES string of the molecule is COc1ccc([C@H]2C3=C(N=c4s/c(=C/c5ccc(OCc6ccc7c(c6)OCO7)cc5)c(=O)n42)c2ccccc2CC3)cc1OC. The van der Waals surface area contributed by atoms with Crippen LogP contribution in [-0.4, -0.2) is 25.6 Å². The van der Waals surface area contributed by atoms with Crippen LogP contribution in [0.1, 0.15) is 40.3 Å². The van der Waals surface area contributed by atoms with Gasteiger partial charge in [0.15, 0.2) is 27.8 Å². The van der Waals surface area contributed by atoms with Crippen LogP contribution in [-0.2, 0) is 13.0 Å². The molecule has 0 fully saturated rings. The lowest BCUT2D eigenvalue weighted by Gasteiger charge is -2.31. The molecule has 0 N–H and O–H groups in total. The second-order valence-corrected chi connectivity index (χ2v) is 12.3. The molecule has 3 aliphatic rings. The molecule has 0 spiro atoms. The minimum Gasteiger partial charge on any atom is -0.493 e. The Bertz CT molecular complexity index is 2200. The summed E-state index contributed by atoms with van der Waals surface area (Å²) in [6.07, 6.45) is 3.63. The van der Waals surface area contributed by atoms with Gasteiger partial charge < -0.3 is 23.7 Å². The van der Waals surface area contributed by atoms with Gasteiger partial charge in [-0.3, -0.25) is 9.36 Å². The molecule has 8 rings (SSSR count). The van der Waals surface area contributed by atoms with Gasteiger partial charge in [-0.15, -0.1) is 0 Å². The average molecular weight is 631 g/mol. The van der Waals surface area contributed by atoms with Crippen molar-refractivity contribution in [3.8, 4) is 28.7 Å². The first kappa shape index (κ1) is 28.2. The topological polar surface area (TPSA) is 80.5 Å². The van der Waals surface area contributed by atoms with E-state index >= 15 is 0 Å². The summed E-state index contributed by atoms with van der Waals surface area (Å²) < 4.78 is 30.5. The van der Waals surface area contributed by atoms with Gasteiger partial charge in [-0.2, -0.15) is 0 Å². The molecular weight excluding hydrogens is 600 g/mol. The van der Waals surface area contributed by atoms with Crippen LogP contribution >= 0.6 is 11.3 Å². The van der Waals surface area contributed by atoms with Gasteiger partial charge in [0, 0.05) is 5.56 Å². The molecule has 0 saturated carbocycles. The lowest BCUT2D eigenvalue weighted by Crippen LogP contribution is -2.38. The molecule has 8 nitrogen and oxygen atoms in total. The molecule has 1 atom stereocenters. The molecule has 0 saturated heterocycles. The Balaban J connectivity index is 1.15. The number of rotatable bonds is 7. The average Bonchev–Trinajstić information content (AvgIpc) is 3.70. The van der Waals surface area contributed by atoms with E-state index in [0.717, 1.165) is 63.6 Å². The van der Waals surface area contributed by atoms with Gasteiger partial charge >= 0.3 is 0 Å². The molecule has 46 heavy (non-hydrogen) atoms. The minimum atomic E-state index is -0.312. The standard InChI is InChI=1S/C37H30N2O6S/c1-41-29-16-11-25(19-31(29)42-2)35-28-14-10-24-5-3-4-6-27(24)34(28)38-37-39(35)36(40)33(46-37)18-22-7-12-26(13-8-22)43-20-23-9-15-30-32(17-23)45-21-44-30/h3-9,11-13,15-19,35H,10,14,20-21H2,1-2H3/b33-18+/t35-/m0/s1. The van der Waals surface area contributed by atoms with Gasteiger partial charge in [-0.05, 0) is 83.1 Å². The zero-order chi connectivity index (χ0) is 31.2. The second kappa shape index (κ2) is 11.6. The number of hydrogen-bond donors (Lipinski definition) is 0. The lowest BCUT2D eigenvalue weighted by molar-refractivity contribution is 0.174. The molecular formula is C37H30N2O6S. The quantitative estimate of drug-likeness (QED) is 0.232. The number of ether oxygens (including phenoxy) is 5. The van der Waals surface area contributed by atoms with Crippen molar-refractivity contribution < 1.29 is 23.7 Å². The fourth-order valence-corrected chi connectivity index (χ4v) is 7.36. The largest absolute Gasteiger partial charge is 0.493 e. The van der Waals surface area contributed by atoms with Crippen LogP contribution < -0.4 is 38.6 Å². The summed E-state index contributed by atoms with van der Waals surface area (Å²) in [7, 11) is 3.25. The number of nitrogens with zero attached hydrogens (tertiary/aromatic N) is 2. The summed E-state index contributed by atoms with van der Waals surface area (Å²) in [5, 5.41) is 0. The van der Waals surface area contributed by atoms with Crippen molar-refractivity contribution in [2.75, 3.05) is 21.0 Å². The number of allylic oxidation sites excluding steroid dienone is 1. The Morgan fingerprint density at radius 3 is 2.59 bits per heavy atom. The molecule has 0 amide bonds. The maximum absolute atomic E-state index is 14.2. The third-order valence-corrected chi connectivity index (χ3v) is 9.60. The molecule has 3 heterocycles. The van der Waals surface area contributed by atoms with Crippen LogP contribution in [0.15, 0.2) is 100 Å². The van der Waals surface area contributed by atoms with Crippen molar-refractivity contribution in [1.29, 1.82) is 0 Å². The normalized spacial score (nSPS) is 16.3. The highest BCUT2D eigenvalue weighted by molar-refractivity contribution is 7.07. The van der Waals surface area contributed by atoms with Crippen LogP contribution in [0.3, 0.4) is 0 Å². The molecule has 9 heteroatoms. The van der Waals surface area contributed by atoms with Gasteiger partial charge in [-0.25, -0.2) is 4.99 Å². The van der Waals surface area contributed by atoms with E-state index in [1.165, 1.54) is 16.9 Å². The molecule has 0 unspecified atom stereocenters. The number of fused-ring (bicyclic) bond motifs is 4. The fourth-order valence-electron chi connectivity index (χ4n) is 6.35. The number of methoxy groups -OCH3 is 2. The number of hydrogen-bond acceptors (Lipinski definition) is 8. The van der Waals surface area contributed by atoms with E-state index in [2.05, 4.69) is 18.2 Å². The third kappa shape index (κ3) is 4.93. The Kier molecular flexibility index (Phi) is 7.10. The summed E-state index contributed by atoms with van der Waals surface area (Å²) in [5.41, 5.74) is 7.26. The number of benzene rings is 4. The number of thiazole rings is 1. The first-order valence-corrected chi connectivity index (χ1v) is 15.9. The van der Waals surface area contributed by atoms with Crippen molar-refractivity contribution in [2.24, 2.45) is 4.99 Å². The van der Waals surface area contributed by atoms with Crippen molar-refractivity contribution in [3.63, 3.8) is 0 Å². The summed E-state index contributed by atoms with van der Waals surface area (Å²) in [4.78, 5) is 20.0. The fraction of sp³-hybridized carbons (Fsp3) is 0.189. The molecule has 2 aliphatic heterocycles. The van der Waals surface area contributed by atoms with Gasteiger partial charge in [0.25, 0.3) is 5.56 Å². The van der Waals surface area contributed by atoms with E-state index in [9.17, 15) is 4.79 Å². The molecule has 1 aliphatic carbocycles. The number of aromatic nitrogens is 1. The minimum absolute atomic E-state index is 0.0721. The Morgan fingerprint density at radius 1 is 0.913 bits per heavy atom. The van der Waals surface area contributed by atoms with Crippen molar-refractivity contribution in [2.45, 2.75) is 25.5 Å². The van der Waals surface area contributed by atoms with E-state index in [-0.39, 0.29) is 18.4 Å². The maximum Gasteiger partial charge on any atom is 0.271 e. The zero-order valence-corrected chi connectivity index (χ0v) is 26.1. The Morgan fingerprint density at radius 2 is 1.74 bits per heavy atom. The van der Waals surface area contributed by atoms with Gasteiger partial charge in [-0.1, -0.05) is 59.9 Å². The van der Waals surface area contributed by atoms with Crippen LogP contribution in [0.25, 0.3) is 11.8 Å². The Hall–Kier alpha value is -5.28. The molecule has 0 radical (unpaired) electrons. The highest BCUT2D eigenvalue weighted by atomic mass is 32.1. The highest BCUT2D eigenvalue weighted by Crippen LogP contribution is 2.43. The van der Waals surface area contributed by atoms with E-state index < -0.39 is 0 Å². The van der Waals surface area contributed by atoms with Crippen LogP contribution in [0.5, 0.6) is 28.7 Å². The van der Waals surface area contributed by atoms with E-state index in [4.69, 9.17) is 28.7 Å². The maximum atomic E-state index is 14.2. The molecule has 5 aromatic rings. The van der Waals surface area contributed by atoms with Crippen LogP contribution in [0.2, 0.25) is 0 Å². The predicted octanol–water partition coefficient (Wildman–Crippen LogP) is 5.64. The zero-order valence-electron chi connectivity index (χ0n) is 25.3. The number of aryl methyl sites for hydroxylation is 1. The van der Waals surface area contributed by atoms with Crippen LogP contribution in [0.4, 0.5) is 0 Å². The smallest absolute Gasteiger partial charge is 0.271 e. The summed E-state index contributed by atoms with van der Waals surface area (Å²) in [6.45, 7) is 0.644. The Labute approximate surface area is 269 Å². The molecule has 0 bridgehead atoms. The van der Waals surface area contributed by atoms with Gasteiger partial charge in [0.05, 0.1) is 30.5 Å². The van der Waals surface area contributed by atoms with Crippen LogP contribution in [0, 0.1) is 0 Å². The second-order valence-electron chi connectivity index (χ2n) is 11.3. The third-order valence-electron chi connectivity index (χ3n) is 8.62. The van der Waals surface area contributed by atoms with Gasteiger partial charge in [0.1, 0.15) is 12.4 Å². The molecule has 230 valence electrons. The van der Waals surface area contributed by atoms with Gasteiger partial charge in [0.2, 0.25) is 6.79 Å². The molecule has 4 aromatic carbocycles. The van der Waals surface area contributed by atoms with Crippen molar-refractivity contribution in [1.82, 2.24) is 4.57 Å². The summed E-state index contributed by atoms with van der Waals surface area (Å²) in [6, 6.07) is 27.5. The first-order valence-electron chi connectivity index (χ1n) is 15.1. The van der Waals surface area contributed by atoms with Crippen molar-refractivity contribution >= 4 is 23.1 Å². The monoisotopic (exact) mass is 630 g/mol. The van der Waals surface area contributed by atoms with E-state index in [1.54, 1.807) is 14.2 Å². The first-order chi connectivity index (χ1) is 22.6. The lowest BCUT2D eigenvalue weighted by atomic mass is 9.83. The van der Waals surface area contributed by atoms with E-state index in [0.29, 0.717) is 27.4 Å². The predicted molar refractivity (Wildman–Crippen MR) is 176 cm³/mol. The summed E-state index contributed by atoms with van der Waals surface area (Å²) >= 11 is 1.41. The van der Waals surface area contributed by atoms with E-state index in [1.807, 2.05) is 77.4 Å². The molecule has 1 aromatic heterocycles. The summed E-state index contributed by atoms with van der Waals surface area (Å²) in [5.74, 6) is 3.48.